The number of halogens is 1. The van der Waals surface area contributed by atoms with Crippen LogP contribution in [0, 0.1) is 0 Å². The van der Waals surface area contributed by atoms with Crippen LogP contribution in [0.25, 0.3) is 0 Å². The lowest BCUT2D eigenvalue weighted by molar-refractivity contribution is -0.0272. The molecule has 2 amide bonds. The number of carbonyl (C=O) groups is 1. The quantitative estimate of drug-likeness (QED) is 0.618. The average molecular weight is 250 g/mol. The van der Waals surface area contributed by atoms with Gasteiger partial charge in [0.25, 0.3) is 0 Å². The molecule has 0 aromatic rings. The SMILES string of the molecule is O=C1NC(O)C(F)=CN1[C@@H]1CS[C@@H](CO)O1. The predicted octanol–water partition coefficient (Wildman–Crippen LogP) is -0.451. The van der Waals surface area contributed by atoms with E-state index in [1.165, 1.54) is 11.8 Å². The first-order chi connectivity index (χ1) is 7.61. The van der Waals surface area contributed by atoms with Crippen molar-refractivity contribution in [2.45, 2.75) is 17.9 Å². The lowest BCUT2D eigenvalue weighted by atomic mass is 10.4. The topological polar surface area (TPSA) is 82.0 Å². The smallest absolute Gasteiger partial charge is 0.325 e. The third-order valence-corrected chi connectivity index (χ3v) is 3.32. The number of hydrogen-bond acceptors (Lipinski definition) is 5. The van der Waals surface area contributed by atoms with Gasteiger partial charge in [0, 0.05) is 12.0 Å². The molecular weight excluding hydrogens is 239 g/mol. The second kappa shape index (κ2) is 4.58. The number of hydrogen-bond donors (Lipinski definition) is 3. The molecule has 3 N–H and O–H groups in total. The molecule has 0 saturated carbocycles. The molecule has 6 nitrogen and oxygen atoms in total. The summed E-state index contributed by atoms with van der Waals surface area (Å²) in [7, 11) is 0. The summed E-state index contributed by atoms with van der Waals surface area (Å²) in [6, 6.07) is -0.627. The van der Waals surface area contributed by atoms with Crippen LogP contribution in [0.4, 0.5) is 9.18 Å². The fourth-order valence-electron chi connectivity index (χ4n) is 1.42. The molecule has 2 rings (SSSR count). The Morgan fingerprint density at radius 3 is 3.12 bits per heavy atom. The van der Waals surface area contributed by atoms with E-state index in [2.05, 4.69) is 0 Å². The Labute approximate surface area is 95.1 Å². The number of nitrogens with one attached hydrogen (secondary N) is 1. The number of rotatable bonds is 2. The molecule has 1 fully saturated rings. The van der Waals surface area contributed by atoms with Crippen molar-refractivity contribution in [3.8, 4) is 0 Å². The van der Waals surface area contributed by atoms with Crippen LogP contribution in [0.2, 0.25) is 0 Å². The molecule has 2 aliphatic heterocycles. The molecule has 2 aliphatic rings. The number of carbonyl (C=O) groups excluding carboxylic acids is 1. The van der Waals surface area contributed by atoms with Crippen LogP contribution in [-0.4, -0.2) is 51.4 Å². The third kappa shape index (κ3) is 2.14. The van der Waals surface area contributed by atoms with Crippen LogP contribution in [-0.2, 0) is 4.74 Å². The van der Waals surface area contributed by atoms with E-state index < -0.39 is 29.7 Å². The van der Waals surface area contributed by atoms with E-state index in [0.717, 1.165) is 11.1 Å². The number of urea groups is 1. The number of aliphatic hydroxyl groups is 2. The van der Waals surface area contributed by atoms with Crippen LogP contribution in [0.3, 0.4) is 0 Å². The summed E-state index contributed by atoms with van der Waals surface area (Å²) >= 11 is 1.34. The molecule has 0 bridgehead atoms. The minimum Gasteiger partial charge on any atom is -0.393 e. The maximum atomic E-state index is 13.1. The lowest BCUT2D eigenvalue weighted by Gasteiger charge is -2.30. The zero-order valence-corrected chi connectivity index (χ0v) is 8.98. The van der Waals surface area contributed by atoms with E-state index in [9.17, 15) is 9.18 Å². The highest BCUT2D eigenvalue weighted by atomic mass is 32.2. The van der Waals surface area contributed by atoms with E-state index in [1.54, 1.807) is 0 Å². The largest absolute Gasteiger partial charge is 0.393 e. The van der Waals surface area contributed by atoms with Gasteiger partial charge in [0.15, 0.2) is 12.1 Å². The second-order valence-corrected chi connectivity index (χ2v) is 4.50. The Morgan fingerprint density at radius 2 is 2.50 bits per heavy atom. The lowest BCUT2D eigenvalue weighted by Crippen LogP contribution is -2.51. The van der Waals surface area contributed by atoms with Crippen LogP contribution in [0.15, 0.2) is 12.0 Å². The highest BCUT2D eigenvalue weighted by molar-refractivity contribution is 8.00. The van der Waals surface area contributed by atoms with E-state index in [1.807, 2.05) is 5.32 Å². The Bertz CT molecular complexity index is 327. The number of ether oxygens (including phenoxy) is 1. The minimum atomic E-state index is -1.59. The van der Waals surface area contributed by atoms with Crippen LogP contribution in [0.1, 0.15) is 0 Å². The summed E-state index contributed by atoms with van der Waals surface area (Å²) in [5.74, 6) is -0.404. The van der Waals surface area contributed by atoms with E-state index in [0.29, 0.717) is 5.75 Å². The van der Waals surface area contributed by atoms with E-state index >= 15 is 0 Å². The van der Waals surface area contributed by atoms with Gasteiger partial charge in [-0.2, -0.15) is 0 Å². The number of thioether (sulfide) groups is 1. The Balaban J connectivity index is 2.07. The highest BCUT2D eigenvalue weighted by Gasteiger charge is 2.36. The second-order valence-electron chi connectivity index (χ2n) is 3.31. The first-order valence-electron chi connectivity index (χ1n) is 4.64. The summed E-state index contributed by atoms with van der Waals surface area (Å²) < 4.78 is 18.4. The normalized spacial score (nSPS) is 34.9. The van der Waals surface area contributed by atoms with Crippen molar-refractivity contribution in [1.82, 2.24) is 10.2 Å². The Kier molecular flexibility index (Phi) is 3.33. The first kappa shape index (κ1) is 11.6. The van der Waals surface area contributed by atoms with Crippen molar-refractivity contribution >= 4 is 17.8 Å². The van der Waals surface area contributed by atoms with Crippen molar-refractivity contribution < 1.29 is 24.1 Å². The molecule has 3 atom stereocenters. The number of amides is 2. The molecule has 16 heavy (non-hydrogen) atoms. The summed E-state index contributed by atoms with van der Waals surface area (Å²) in [6.45, 7) is -0.161. The summed E-state index contributed by atoms with van der Waals surface area (Å²) in [4.78, 5) is 12.5. The molecule has 2 heterocycles. The molecule has 0 aromatic heterocycles. The Hall–Kier alpha value is -0.830. The zero-order valence-electron chi connectivity index (χ0n) is 8.17. The van der Waals surface area contributed by atoms with Crippen LogP contribution >= 0.6 is 11.8 Å². The minimum absolute atomic E-state index is 0.161. The average Bonchev–Trinajstić information content (AvgIpc) is 2.71. The molecule has 1 saturated heterocycles. The predicted molar refractivity (Wildman–Crippen MR) is 53.8 cm³/mol. The van der Waals surface area contributed by atoms with Crippen LogP contribution in [0.5, 0.6) is 0 Å². The maximum absolute atomic E-state index is 13.1. The molecular formula is C8H11FN2O4S. The summed E-state index contributed by atoms with van der Waals surface area (Å²) in [5, 5.41) is 19.9. The molecule has 90 valence electrons. The van der Waals surface area contributed by atoms with Crippen molar-refractivity contribution in [2.24, 2.45) is 0 Å². The third-order valence-electron chi connectivity index (χ3n) is 2.21. The number of aliphatic hydroxyl groups excluding tert-OH is 2. The van der Waals surface area contributed by atoms with Crippen molar-refractivity contribution in [1.29, 1.82) is 0 Å². The van der Waals surface area contributed by atoms with Gasteiger partial charge in [-0.15, -0.1) is 11.8 Å². The summed E-state index contributed by atoms with van der Waals surface area (Å²) in [6.07, 6.45) is -1.30. The van der Waals surface area contributed by atoms with Gasteiger partial charge >= 0.3 is 6.03 Å². The molecule has 8 heteroatoms. The maximum Gasteiger partial charge on any atom is 0.325 e. The van der Waals surface area contributed by atoms with Gasteiger partial charge in [-0.3, -0.25) is 4.90 Å². The number of nitrogens with zero attached hydrogens (tertiary/aromatic N) is 1. The highest BCUT2D eigenvalue weighted by Crippen LogP contribution is 2.28. The van der Waals surface area contributed by atoms with E-state index in [4.69, 9.17) is 14.9 Å². The molecule has 0 spiro atoms. The fourth-order valence-corrected chi connectivity index (χ4v) is 2.35. The standard InChI is InChI=1S/C8H11FN2O4S/c9-4-1-11(8(14)10-7(4)13)5-3-16-6(2-12)15-5/h1,5-7,12-13H,2-3H2,(H,10,14)/t5-,6-,7?/m0/s1. The molecule has 0 aromatic carbocycles. The fraction of sp³-hybridized carbons (Fsp3) is 0.625. The summed E-state index contributed by atoms with van der Waals surface area (Å²) in [5.41, 5.74) is -0.402. The monoisotopic (exact) mass is 250 g/mol. The van der Waals surface area contributed by atoms with Crippen molar-refractivity contribution in [3.63, 3.8) is 0 Å². The van der Waals surface area contributed by atoms with Gasteiger partial charge in [0.1, 0.15) is 11.7 Å². The molecule has 0 radical (unpaired) electrons. The van der Waals surface area contributed by atoms with Gasteiger partial charge in [-0.1, -0.05) is 0 Å². The molecule has 0 aliphatic carbocycles. The first-order valence-corrected chi connectivity index (χ1v) is 5.68. The van der Waals surface area contributed by atoms with Gasteiger partial charge in [0.2, 0.25) is 0 Å². The van der Waals surface area contributed by atoms with Gasteiger partial charge in [-0.25, -0.2) is 9.18 Å². The van der Waals surface area contributed by atoms with Crippen molar-refractivity contribution in [2.75, 3.05) is 12.4 Å². The van der Waals surface area contributed by atoms with Crippen LogP contribution < -0.4 is 5.32 Å². The van der Waals surface area contributed by atoms with Gasteiger partial charge in [0.05, 0.1) is 6.61 Å². The molecule has 1 unspecified atom stereocenters. The Morgan fingerprint density at radius 1 is 1.75 bits per heavy atom. The zero-order chi connectivity index (χ0) is 11.7. The van der Waals surface area contributed by atoms with Gasteiger partial charge in [-0.05, 0) is 0 Å². The van der Waals surface area contributed by atoms with Crippen molar-refractivity contribution in [3.05, 3.63) is 12.0 Å². The van der Waals surface area contributed by atoms with E-state index in [-0.39, 0.29) is 6.61 Å². The van der Waals surface area contributed by atoms with Gasteiger partial charge < -0.3 is 20.3 Å².